The van der Waals surface area contributed by atoms with Crippen molar-refractivity contribution in [3.63, 3.8) is 0 Å². The van der Waals surface area contributed by atoms with Crippen LogP contribution in [0.4, 0.5) is 10.1 Å². The first-order valence-corrected chi connectivity index (χ1v) is 17.5. The fourth-order valence-electron chi connectivity index (χ4n) is 6.30. The number of non-ortho nitro benzene ring substituents is 1. The van der Waals surface area contributed by atoms with Crippen molar-refractivity contribution in [2.24, 2.45) is 0 Å². The van der Waals surface area contributed by atoms with E-state index in [2.05, 4.69) is 5.32 Å². The van der Waals surface area contributed by atoms with Crippen LogP contribution in [0.25, 0.3) is 10.9 Å². The summed E-state index contributed by atoms with van der Waals surface area (Å²) < 4.78 is 67.4. The van der Waals surface area contributed by atoms with Gasteiger partial charge in [-0.05, 0) is 36.2 Å². The Hall–Kier alpha value is -5.03. The summed E-state index contributed by atoms with van der Waals surface area (Å²) in [7, 11) is -3.93. The minimum Gasteiger partial charge on any atom is -0.388 e. The molecule has 3 heterocycles. The van der Waals surface area contributed by atoms with E-state index in [1.165, 1.54) is 22.3 Å². The van der Waals surface area contributed by atoms with E-state index in [0.29, 0.717) is 22.0 Å². The van der Waals surface area contributed by atoms with Gasteiger partial charge in [-0.25, -0.2) is 16.8 Å². The van der Waals surface area contributed by atoms with Gasteiger partial charge < -0.3 is 29.4 Å². The first-order chi connectivity index (χ1) is 24.6. The van der Waals surface area contributed by atoms with Gasteiger partial charge >= 0.3 is 0 Å². The molecule has 7 rings (SSSR count). The number of amides is 1. The highest BCUT2D eigenvalue weighted by Gasteiger charge is 2.50. The first kappa shape index (κ1) is 34.4. The Morgan fingerprint density at radius 3 is 2.45 bits per heavy atom. The molecule has 264 valence electrons. The summed E-state index contributed by atoms with van der Waals surface area (Å²) in [5.41, 5.74) is 0.696. The zero-order chi connectivity index (χ0) is 35.7. The third kappa shape index (κ3) is 6.87. The average molecular weight is 718 g/mol. The van der Waals surface area contributed by atoms with Crippen LogP contribution in [0.5, 0.6) is 0 Å². The van der Waals surface area contributed by atoms with Crippen LogP contribution >= 0.6 is 0 Å². The number of halogens is 1. The predicted octanol–water partition coefficient (Wildman–Crippen LogP) is 4.48. The molecule has 5 aromatic rings. The Morgan fingerprint density at radius 2 is 1.71 bits per heavy atom. The SMILES string of the molecule is O=C(N[C@H]1[C@H](OCCc2cn(S(=O)(=O)c3ccccc3)c3ccccc23)O[C@@H]2CO[C@@H](c3ccccc3)O[C@H]2[C@@H]1O)c1cc([N+](=O)[O-])ccc1F. The Morgan fingerprint density at radius 1 is 1.00 bits per heavy atom. The zero-order valence-corrected chi connectivity index (χ0v) is 27.6. The van der Waals surface area contributed by atoms with Crippen LogP contribution in [-0.4, -0.2) is 72.2 Å². The number of fused-ring (bicyclic) bond motifs is 2. The quantitative estimate of drug-likeness (QED) is 0.155. The molecule has 2 aliphatic rings. The highest BCUT2D eigenvalue weighted by molar-refractivity contribution is 7.90. The van der Waals surface area contributed by atoms with E-state index in [1.54, 1.807) is 66.7 Å². The van der Waals surface area contributed by atoms with E-state index in [4.69, 9.17) is 18.9 Å². The van der Waals surface area contributed by atoms with E-state index >= 15 is 0 Å². The van der Waals surface area contributed by atoms with Crippen molar-refractivity contribution in [1.29, 1.82) is 0 Å². The molecule has 51 heavy (non-hydrogen) atoms. The highest BCUT2D eigenvalue weighted by Crippen LogP contribution is 2.35. The van der Waals surface area contributed by atoms with Crippen LogP contribution in [0.2, 0.25) is 0 Å². The van der Waals surface area contributed by atoms with E-state index in [-0.39, 0.29) is 24.5 Å². The smallest absolute Gasteiger partial charge is 0.270 e. The van der Waals surface area contributed by atoms with E-state index in [9.17, 15) is 32.8 Å². The van der Waals surface area contributed by atoms with Crippen molar-refractivity contribution in [2.75, 3.05) is 13.2 Å². The second-order valence-corrected chi connectivity index (χ2v) is 13.9. The molecule has 2 fully saturated rings. The van der Waals surface area contributed by atoms with Crippen molar-refractivity contribution >= 4 is 32.5 Å². The molecule has 0 spiro atoms. The van der Waals surface area contributed by atoms with Crippen LogP contribution in [0.1, 0.15) is 27.8 Å². The summed E-state index contributed by atoms with van der Waals surface area (Å²) in [6.07, 6.45) is -3.72. The molecule has 2 aliphatic heterocycles. The lowest BCUT2D eigenvalue weighted by atomic mass is 9.95. The number of rotatable bonds is 10. The van der Waals surface area contributed by atoms with Crippen molar-refractivity contribution < 1.29 is 46.6 Å². The molecule has 1 amide bonds. The number of nitro groups is 1. The van der Waals surface area contributed by atoms with Crippen LogP contribution in [0.15, 0.2) is 114 Å². The molecule has 2 N–H and O–H groups in total. The number of nitrogens with zero attached hydrogens (tertiary/aromatic N) is 2. The maximum atomic E-state index is 14.8. The van der Waals surface area contributed by atoms with Crippen LogP contribution < -0.4 is 5.32 Å². The molecular weight excluding hydrogens is 685 g/mol. The second kappa shape index (κ2) is 14.3. The number of carbonyl (C=O) groups excluding carboxylic acids is 1. The Balaban J connectivity index is 1.14. The normalized spacial score (nSPS) is 23.4. The summed E-state index contributed by atoms with van der Waals surface area (Å²) in [5.74, 6) is -2.05. The first-order valence-electron chi connectivity index (χ1n) is 16.0. The maximum Gasteiger partial charge on any atom is 0.270 e. The molecule has 1 aromatic heterocycles. The number of aliphatic hydroxyl groups is 1. The molecule has 4 aromatic carbocycles. The van der Waals surface area contributed by atoms with E-state index in [1.807, 2.05) is 6.07 Å². The number of aromatic nitrogens is 1. The number of carbonyl (C=O) groups is 1. The Bertz CT molecular complexity index is 2170. The molecule has 2 saturated heterocycles. The number of para-hydroxylation sites is 1. The van der Waals surface area contributed by atoms with Gasteiger partial charge in [0.15, 0.2) is 12.6 Å². The summed E-state index contributed by atoms with van der Waals surface area (Å²) >= 11 is 0. The van der Waals surface area contributed by atoms with Crippen LogP contribution in [-0.2, 0) is 35.4 Å². The Kier molecular flexibility index (Phi) is 9.65. The minimum absolute atomic E-state index is 0.00611. The van der Waals surface area contributed by atoms with Gasteiger partial charge in [0.05, 0.1) is 34.1 Å². The number of nitro benzene ring substituents is 1. The zero-order valence-electron chi connectivity index (χ0n) is 26.8. The van der Waals surface area contributed by atoms with Crippen molar-refractivity contribution in [3.8, 4) is 0 Å². The highest BCUT2D eigenvalue weighted by atomic mass is 32.2. The molecule has 0 aliphatic carbocycles. The van der Waals surface area contributed by atoms with Gasteiger partial charge in [-0.15, -0.1) is 0 Å². The average Bonchev–Trinajstić information content (AvgIpc) is 3.53. The van der Waals surface area contributed by atoms with Crippen molar-refractivity contribution in [2.45, 2.75) is 48.3 Å². The molecule has 6 atom stereocenters. The number of hydrogen-bond donors (Lipinski definition) is 2. The second-order valence-electron chi connectivity index (χ2n) is 12.0. The predicted molar refractivity (Wildman–Crippen MR) is 180 cm³/mol. The van der Waals surface area contributed by atoms with Gasteiger partial charge in [0, 0.05) is 29.3 Å². The summed E-state index contributed by atoms with van der Waals surface area (Å²) in [6.45, 7) is -0.0494. The number of hydrogen-bond acceptors (Lipinski definition) is 10. The molecule has 0 saturated carbocycles. The van der Waals surface area contributed by atoms with Gasteiger partial charge in [0.2, 0.25) is 0 Å². The van der Waals surface area contributed by atoms with Gasteiger partial charge in [-0.3, -0.25) is 14.9 Å². The number of nitrogens with one attached hydrogen (secondary N) is 1. The van der Waals surface area contributed by atoms with Crippen LogP contribution in [0, 0.1) is 15.9 Å². The largest absolute Gasteiger partial charge is 0.388 e. The van der Waals surface area contributed by atoms with Gasteiger partial charge in [-0.2, -0.15) is 0 Å². The van der Waals surface area contributed by atoms with Crippen molar-refractivity contribution in [3.05, 3.63) is 142 Å². The lowest BCUT2D eigenvalue weighted by Gasteiger charge is -2.47. The molecule has 13 nitrogen and oxygen atoms in total. The third-order valence-corrected chi connectivity index (χ3v) is 10.5. The monoisotopic (exact) mass is 717 g/mol. The molecule has 0 radical (unpaired) electrons. The lowest BCUT2D eigenvalue weighted by molar-refractivity contribution is -0.384. The van der Waals surface area contributed by atoms with E-state index in [0.717, 1.165) is 18.2 Å². The summed E-state index contributed by atoms with van der Waals surface area (Å²) in [4.78, 5) is 24.1. The summed E-state index contributed by atoms with van der Waals surface area (Å²) in [6, 6.07) is 25.3. The lowest BCUT2D eigenvalue weighted by Crippen LogP contribution is -2.66. The summed E-state index contributed by atoms with van der Waals surface area (Å²) in [5, 5.41) is 26.2. The molecular formula is C36H32FN3O10S. The van der Waals surface area contributed by atoms with Gasteiger partial charge in [0.1, 0.15) is 30.2 Å². The van der Waals surface area contributed by atoms with Gasteiger partial charge in [-0.1, -0.05) is 66.7 Å². The molecule has 0 bridgehead atoms. The maximum absolute atomic E-state index is 14.8. The topological polar surface area (TPSA) is 168 Å². The van der Waals surface area contributed by atoms with Crippen molar-refractivity contribution in [1.82, 2.24) is 9.29 Å². The standard InChI is InChI=1S/C36H32FN3O10S/c37-28-16-15-24(40(43)44)19-27(28)34(42)38-31-32(41)33-30(21-48-35(50-33)22-9-3-1-4-10-22)49-36(31)47-18-17-23-20-39(29-14-8-7-13-26(23)29)51(45,46)25-11-5-2-6-12-25/h1-16,19-20,30-33,35-36,41H,17-18,21H2,(H,38,42)/t30-,31-,32-,33-,35-,36-/m1/s1. The minimum atomic E-state index is -3.93. The fraction of sp³-hybridized carbons (Fsp3) is 0.250. The number of ether oxygens (including phenoxy) is 4. The number of aliphatic hydroxyl groups excluding tert-OH is 1. The molecule has 0 unspecified atom stereocenters. The van der Waals surface area contributed by atoms with Gasteiger partial charge in [0.25, 0.3) is 21.6 Å². The number of benzene rings is 4. The Labute approximate surface area is 291 Å². The fourth-order valence-corrected chi connectivity index (χ4v) is 7.72. The third-order valence-electron chi connectivity index (χ3n) is 8.85. The van der Waals surface area contributed by atoms with E-state index < -0.39 is 74.9 Å². The van der Waals surface area contributed by atoms with Crippen LogP contribution in [0.3, 0.4) is 0 Å². The molecule has 15 heteroatoms.